The predicted octanol–water partition coefficient (Wildman–Crippen LogP) is 2.99. The standard InChI is InChI=1S/C20H22N2O4/c1-14(20(24)25)12-22(17-8-9-17)19(23)16-7-10-18(21-11-16)26-13-15-5-3-2-4-6-15/h2-7,10-11,14,17H,8-9,12-13H2,1H3,(H,24,25). The minimum Gasteiger partial charge on any atom is -0.481 e. The summed E-state index contributed by atoms with van der Waals surface area (Å²) in [5, 5.41) is 9.11. The van der Waals surface area contributed by atoms with E-state index in [-0.39, 0.29) is 18.5 Å². The lowest BCUT2D eigenvalue weighted by molar-refractivity contribution is -0.141. The molecular formula is C20H22N2O4. The molecule has 1 aromatic carbocycles. The number of carboxylic acid groups (broad SMARTS) is 1. The van der Waals surface area contributed by atoms with Gasteiger partial charge in [-0.15, -0.1) is 0 Å². The third kappa shape index (κ3) is 4.59. The summed E-state index contributed by atoms with van der Waals surface area (Å²) in [6.07, 6.45) is 3.33. The molecule has 0 bridgehead atoms. The Morgan fingerprint density at radius 3 is 2.54 bits per heavy atom. The van der Waals surface area contributed by atoms with Crippen molar-refractivity contribution in [2.75, 3.05) is 6.54 Å². The number of carbonyl (C=O) groups excluding carboxylic acids is 1. The van der Waals surface area contributed by atoms with Gasteiger partial charge in [-0.3, -0.25) is 9.59 Å². The number of pyridine rings is 1. The van der Waals surface area contributed by atoms with Gasteiger partial charge < -0.3 is 14.7 Å². The van der Waals surface area contributed by atoms with E-state index >= 15 is 0 Å². The van der Waals surface area contributed by atoms with E-state index in [0.717, 1.165) is 18.4 Å². The zero-order valence-electron chi connectivity index (χ0n) is 14.7. The molecule has 3 rings (SSSR count). The van der Waals surface area contributed by atoms with Crippen molar-refractivity contribution in [3.05, 3.63) is 59.8 Å². The topological polar surface area (TPSA) is 79.7 Å². The number of carboxylic acids is 1. The first-order chi connectivity index (χ1) is 12.5. The van der Waals surface area contributed by atoms with Crippen molar-refractivity contribution < 1.29 is 19.4 Å². The fourth-order valence-corrected chi connectivity index (χ4v) is 2.65. The fraction of sp³-hybridized carbons (Fsp3) is 0.350. The van der Waals surface area contributed by atoms with E-state index in [4.69, 9.17) is 9.84 Å². The number of nitrogens with zero attached hydrogens (tertiary/aromatic N) is 2. The highest BCUT2D eigenvalue weighted by atomic mass is 16.5. The molecule has 26 heavy (non-hydrogen) atoms. The lowest BCUT2D eigenvalue weighted by Gasteiger charge is -2.24. The van der Waals surface area contributed by atoms with Crippen molar-refractivity contribution in [2.24, 2.45) is 5.92 Å². The highest BCUT2D eigenvalue weighted by molar-refractivity contribution is 5.94. The fourth-order valence-electron chi connectivity index (χ4n) is 2.65. The second-order valence-corrected chi connectivity index (χ2v) is 6.59. The Morgan fingerprint density at radius 1 is 1.23 bits per heavy atom. The first-order valence-corrected chi connectivity index (χ1v) is 8.71. The zero-order valence-corrected chi connectivity index (χ0v) is 14.7. The van der Waals surface area contributed by atoms with Crippen molar-refractivity contribution in [1.29, 1.82) is 0 Å². The predicted molar refractivity (Wildman–Crippen MR) is 95.9 cm³/mol. The summed E-state index contributed by atoms with van der Waals surface area (Å²) in [6.45, 7) is 2.24. The number of benzene rings is 1. The van der Waals surface area contributed by atoms with Crippen LogP contribution in [0, 0.1) is 5.92 Å². The molecule has 1 fully saturated rings. The Labute approximate surface area is 152 Å². The quantitative estimate of drug-likeness (QED) is 0.788. The number of rotatable bonds is 8. The highest BCUT2D eigenvalue weighted by Gasteiger charge is 2.35. The molecule has 1 aliphatic rings. The minimum absolute atomic E-state index is 0.137. The molecule has 1 unspecified atom stereocenters. The maximum absolute atomic E-state index is 12.7. The average molecular weight is 354 g/mol. The van der Waals surface area contributed by atoms with Crippen LogP contribution in [-0.4, -0.2) is 39.5 Å². The van der Waals surface area contributed by atoms with E-state index < -0.39 is 11.9 Å². The molecule has 1 amide bonds. The van der Waals surface area contributed by atoms with Crippen LogP contribution in [0.3, 0.4) is 0 Å². The lowest BCUT2D eigenvalue weighted by atomic mass is 10.1. The Kier molecular flexibility index (Phi) is 5.51. The molecule has 0 radical (unpaired) electrons. The van der Waals surface area contributed by atoms with Crippen LogP contribution in [0.25, 0.3) is 0 Å². The lowest BCUT2D eigenvalue weighted by Crippen LogP contribution is -2.38. The van der Waals surface area contributed by atoms with E-state index in [1.165, 1.54) is 6.20 Å². The third-order valence-electron chi connectivity index (χ3n) is 4.35. The van der Waals surface area contributed by atoms with Crippen molar-refractivity contribution in [2.45, 2.75) is 32.4 Å². The Balaban J connectivity index is 1.62. The normalized spacial score (nSPS) is 14.5. The maximum atomic E-state index is 12.7. The molecule has 2 aromatic rings. The summed E-state index contributed by atoms with van der Waals surface area (Å²) in [4.78, 5) is 29.7. The number of aliphatic carboxylic acids is 1. The van der Waals surface area contributed by atoms with E-state index in [1.807, 2.05) is 30.3 Å². The van der Waals surface area contributed by atoms with Crippen LogP contribution in [0.5, 0.6) is 5.88 Å². The Morgan fingerprint density at radius 2 is 1.96 bits per heavy atom. The highest BCUT2D eigenvalue weighted by Crippen LogP contribution is 2.29. The van der Waals surface area contributed by atoms with Crippen molar-refractivity contribution in [3.8, 4) is 5.88 Å². The van der Waals surface area contributed by atoms with Crippen LogP contribution in [-0.2, 0) is 11.4 Å². The molecule has 0 saturated heterocycles. The molecule has 1 heterocycles. The molecule has 1 atom stereocenters. The first kappa shape index (κ1) is 17.9. The largest absolute Gasteiger partial charge is 0.481 e. The molecule has 136 valence electrons. The molecule has 1 aromatic heterocycles. The smallest absolute Gasteiger partial charge is 0.308 e. The maximum Gasteiger partial charge on any atom is 0.308 e. The summed E-state index contributed by atoms with van der Waals surface area (Å²) in [7, 11) is 0. The van der Waals surface area contributed by atoms with Gasteiger partial charge in [0.25, 0.3) is 5.91 Å². The minimum atomic E-state index is -0.897. The van der Waals surface area contributed by atoms with Crippen LogP contribution in [0.1, 0.15) is 35.7 Å². The summed E-state index contributed by atoms with van der Waals surface area (Å²) in [5.74, 6) is -1.22. The first-order valence-electron chi connectivity index (χ1n) is 8.71. The number of hydrogen-bond acceptors (Lipinski definition) is 4. The molecule has 1 N–H and O–H groups in total. The molecule has 6 heteroatoms. The number of aromatic nitrogens is 1. The van der Waals surface area contributed by atoms with Gasteiger partial charge >= 0.3 is 5.97 Å². The summed E-state index contributed by atoms with van der Waals surface area (Å²) in [5.41, 5.74) is 1.48. The number of hydrogen-bond donors (Lipinski definition) is 1. The van der Waals surface area contributed by atoms with Crippen LogP contribution >= 0.6 is 0 Å². The van der Waals surface area contributed by atoms with E-state index in [1.54, 1.807) is 24.0 Å². The van der Waals surface area contributed by atoms with Crippen molar-refractivity contribution in [1.82, 2.24) is 9.88 Å². The second-order valence-electron chi connectivity index (χ2n) is 6.59. The molecule has 0 spiro atoms. The van der Waals surface area contributed by atoms with Crippen LogP contribution in [0.2, 0.25) is 0 Å². The molecule has 1 aliphatic carbocycles. The van der Waals surface area contributed by atoms with E-state index in [0.29, 0.717) is 18.1 Å². The van der Waals surface area contributed by atoms with E-state index in [9.17, 15) is 9.59 Å². The summed E-state index contributed by atoms with van der Waals surface area (Å²) < 4.78 is 5.63. The van der Waals surface area contributed by atoms with Gasteiger partial charge in [-0.2, -0.15) is 0 Å². The van der Waals surface area contributed by atoms with Gasteiger partial charge in [0.1, 0.15) is 6.61 Å². The second kappa shape index (κ2) is 7.99. The van der Waals surface area contributed by atoms with Gasteiger partial charge in [0, 0.05) is 24.8 Å². The number of carbonyl (C=O) groups is 2. The Bertz CT molecular complexity index is 757. The van der Waals surface area contributed by atoms with Crippen molar-refractivity contribution in [3.63, 3.8) is 0 Å². The molecule has 0 aliphatic heterocycles. The monoisotopic (exact) mass is 354 g/mol. The zero-order chi connectivity index (χ0) is 18.5. The molecule has 1 saturated carbocycles. The van der Waals surface area contributed by atoms with Gasteiger partial charge in [0.2, 0.25) is 5.88 Å². The van der Waals surface area contributed by atoms with Crippen LogP contribution in [0.15, 0.2) is 48.7 Å². The molecular weight excluding hydrogens is 332 g/mol. The van der Waals surface area contributed by atoms with Gasteiger partial charge in [0.05, 0.1) is 11.5 Å². The van der Waals surface area contributed by atoms with Gasteiger partial charge in [-0.05, 0) is 24.5 Å². The molecule has 6 nitrogen and oxygen atoms in total. The third-order valence-corrected chi connectivity index (χ3v) is 4.35. The van der Waals surface area contributed by atoms with Gasteiger partial charge in [-0.1, -0.05) is 37.3 Å². The van der Waals surface area contributed by atoms with Crippen molar-refractivity contribution >= 4 is 11.9 Å². The average Bonchev–Trinajstić information content (AvgIpc) is 3.50. The number of ether oxygens (including phenoxy) is 1. The Hall–Kier alpha value is -2.89. The van der Waals surface area contributed by atoms with Crippen LogP contribution < -0.4 is 4.74 Å². The summed E-state index contributed by atoms with van der Waals surface area (Å²) in [6, 6.07) is 13.2. The number of amides is 1. The van der Waals surface area contributed by atoms with E-state index in [2.05, 4.69) is 4.98 Å². The van der Waals surface area contributed by atoms with Crippen LogP contribution in [0.4, 0.5) is 0 Å². The summed E-state index contributed by atoms with van der Waals surface area (Å²) >= 11 is 0. The van der Waals surface area contributed by atoms with Gasteiger partial charge in [-0.25, -0.2) is 4.98 Å². The SMILES string of the molecule is CC(CN(C(=O)c1ccc(OCc2ccccc2)nc1)C1CC1)C(=O)O. The van der Waals surface area contributed by atoms with Gasteiger partial charge in [0.15, 0.2) is 0 Å².